The molecule has 0 saturated heterocycles. The van der Waals surface area contributed by atoms with Crippen LogP contribution in [0, 0.1) is 6.92 Å². The highest BCUT2D eigenvalue weighted by molar-refractivity contribution is 7.93. The zero-order valence-corrected chi connectivity index (χ0v) is 14.9. The lowest BCUT2D eigenvalue weighted by atomic mass is 10.2. The van der Waals surface area contributed by atoms with Crippen LogP contribution in [0.5, 0.6) is 0 Å². The fraction of sp³-hybridized carbons (Fsp3) is 0.278. The Balaban J connectivity index is 2.18. The van der Waals surface area contributed by atoms with Gasteiger partial charge in [0.1, 0.15) is 11.9 Å². The summed E-state index contributed by atoms with van der Waals surface area (Å²) in [6.07, 6.45) is -0.396. The third-order valence-electron chi connectivity index (χ3n) is 4.00. The molecule has 0 aliphatic carbocycles. The quantitative estimate of drug-likeness (QED) is 0.860. The van der Waals surface area contributed by atoms with Gasteiger partial charge in [-0.15, -0.1) is 0 Å². The first-order valence-electron chi connectivity index (χ1n) is 7.78. The van der Waals surface area contributed by atoms with Crippen LogP contribution in [-0.4, -0.2) is 45.2 Å². The minimum absolute atomic E-state index is 0.0375. The molecule has 2 aromatic rings. The Labute approximate surface area is 143 Å². The molecule has 6 heteroatoms. The van der Waals surface area contributed by atoms with Crippen molar-refractivity contribution >= 4 is 21.5 Å². The number of aryl methyl sites for hydroxylation is 1. The predicted molar refractivity (Wildman–Crippen MR) is 97.9 cm³/mol. The first-order valence-corrected chi connectivity index (χ1v) is 9.39. The smallest absolute Gasteiger partial charge is 0.244 e. The number of amidine groups is 1. The summed E-state index contributed by atoms with van der Waals surface area (Å²) in [6, 6.07) is 16.9. The summed E-state index contributed by atoms with van der Waals surface area (Å²) < 4.78 is 27.3. The van der Waals surface area contributed by atoms with E-state index in [9.17, 15) is 8.42 Å². The van der Waals surface area contributed by atoms with E-state index < -0.39 is 16.2 Å². The van der Waals surface area contributed by atoms with Crippen molar-refractivity contribution in [3.8, 4) is 0 Å². The van der Waals surface area contributed by atoms with Crippen LogP contribution in [0.15, 0.2) is 59.6 Å². The lowest BCUT2D eigenvalue weighted by molar-refractivity contribution is 0.323. The average Bonchev–Trinajstić information content (AvgIpc) is 2.55. The molecule has 0 N–H and O–H groups in total. The SMILES string of the molecule is Cc1ccc(N2C(c3ccccc3)=NC(N(C)C)CS2(=O)=O)cc1. The van der Waals surface area contributed by atoms with Crippen LogP contribution < -0.4 is 4.31 Å². The summed E-state index contributed by atoms with van der Waals surface area (Å²) in [6.45, 7) is 1.97. The molecule has 0 fully saturated rings. The van der Waals surface area contributed by atoms with Gasteiger partial charge in [0.05, 0.1) is 5.69 Å². The lowest BCUT2D eigenvalue weighted by Gasteiger charge is -2.34. The zero-order valence-electron chi connectivity index (χ0n) is 14.0. The number of anilines is 1. The van der Waals surface area contributed by atoms with Crippen molar-refractivity contribution in [3.05, 3.63) is 65.7 Å². The summed E-state index contributed by atoms with van der Waals surface area (Å²) in [7, 11) is 0.162. The third-order valence-corrected chi connectivity index (χ3v) is 5.66. The molecular weight excluding hydrogens is 322 g/mol. The molecule has 0 aromatic heterocycles. The molecule has 1 unspecified atom stereocenters. The van der Waals surface area contributed by atoms with Crippen molar-refractivity contribution in [1.29, 1.82) is 0 Å². The van der Waals surface area contributed by atoms with E-state index in [4.69, 9.17) is 4.99 Å². The second-order valence-corrected chi connectivity index (χ2v) is 8.00. The summed E-state index contributed by atoms with van der Waals surface area (Å²) in [5.41, 5.74) is 2.48. The Morgan fingerprint density at radius 3 is 2.25 bits per heavy atom. The van der Waals surface area contributed by atoms with Gasteiger partial charge >= 0.3 is 0 Å². The van der Waals surface area contributed by atoms with Crippen LogP contribution in [-0.2, 0) is 10.0 Å². The van der Waals surface area contributed by atoms with Gasteiger partial charge in [-0.05, 0) is 33.2 Å². The molecule has 1 atom stereocenters. The minimum atomic E-state index is -3.52. The topological polar surface area (TPSA) is 53.0 Å². The average molecular weight is 343 g/mol. The molecule has 24 heavy (non-hydrogen) atoms. The molecule has 0 amide bonds. The van der Waals surface area contributed by atoms with Gasteiger partial charge in [0.2, 0.25) is 10.0 Å². The number of nitrogens with zero attached hydrogens (tertiary/aromatic N) is 3. The highest BCUT2D eigenvalue weighted by Crippen LogP contribution is 2.27. The summed E-state index contributed by atoms with van der Waals surface area (Å²) in [4.78, 5) is 6.54. The Kier molecular flexibility index (Phi) is 4.43. The molecule has 126 valence electrons. The number of benzene rings is 2. The van der Waals surface area contributed by atoms with Crippen molar-refractivity contribution in [3.63, 3.8) is 0 Å². The maximum Gasteiger partial charge on any atom is 0.244 e. The van der Waals surface area contributed by atoms with Gasteiger partial charge in [-0.25, -0.2) is 17.7 Å². The van der Waals surface area contributed by atoms with E-state index in [-0.39, 0.29) is 5.75 Å². The molecule has 5 nitrogen and oxygen atoms in total. The number of aliphatic imine (C=N–C) groups is 1. The lowest BCUT2D eigenvalue weighted by Crippen LogP contribution is -2.49. The van der Waals surface area contributed by atoms with E-state index in [0.717, 1.165) is 11.1 Å². The van der Waals surface area contributed by atoms with Crippen LogP contribution >= 0.6 is 0 Å². The molecule has 0 radical (unpaired) electrons. The van der Waals surface area contributed by atoms with E-state index in [1.165, 1.54) is 4.31 Å². The van der Waals surface area contributed by atoms with Gasteiger partial charge in [0.15, 0.2) is 5.84 Å². The summed E-state index contributed by atoms with van der Waals surface area (Å²) in [5, 5.41) is 0. The highest BCUT2D eigenvalue weighted by atomic mass is 32.2. The molecule has 2 aromatic carbocycles. The second-order valence-electron chi connectivity index (χ2n) is 6.14. The molecule has 3 rings (SSSR count). The van der Waals surface area contributed by atoms with E-state index in [2.05, 4.69) is 0 Å². The molecule has 0 saturated carbocycles. The van der Waals surface area contributed by atoms with Crippen molar-refractivity contribution in [2.75, 3.05) is 24.2 Å². The Hall–Kier alpha value is -2.18. The molecule has 0 spiro atoms. The van der Waals surface area contributed by atoms with Gasteiger partial charge in [0, 0.05) is 5.56 Å². The van der Waals surface area contributed by atoms with Crippen LogP contribution in [0.1, 0.15) is 11.1 Å². The second kappa shape index (κ2) is 6.37. The van der Waals surface area contributed by atoms with E-state index >= 15 is 0 Å². The standard InChI is InChI=1S/C18H21N3O2S/c1-14-9-11-16(12-10-14)21-18(15-7-5-4-6-8-15)19-17(20(2)3)13-24(21,22)23/h4-12,17H,13H2,1-3H3. The maximum absolute atomic E-state index is 13.0. The van der Waals surface area contributed by atoms with Gasteiger partial charge < -0.3 is 0 Å². The van der Waals surface area contributed by atoms with Crippen LogP contribution in [0.2, 0.25) is 0 Å². The summed E-state index contributed by atoms with van der Waals surface area (Å²) >= 11 is 0. The Morgan fingerprint density at radius 1 is 1.04 bits per heavy atom. The normalized spacial score (nSPS) is 20.1. The van der Waals surface area contributed by atoms with Gasteiger partial charge in [-0.1, -0.05) is 48.0 Å². The van der Waals surface area contributed by atoms with Crippen molar-refractivity contribution < 1.29 is 8.42 Å². The number of hydrogen-bond donors (Lipinski definition) is 0. The minimum Gasteiger partial charge on any atom is -0.287 e. The molecule has 1 aliphatic heterocycles. The van der Waals surface area contributed by atoms with E-state index in [1.54, 1.807) is 0 Å². The first-order chi connectivity index (χ1) is 11.4. The fourth-order valence-corrected chi connectivity index (χ4v) is 4.39. The van der Waals surface area contributed by atoms with Crippen molar-refractivity contribution in [1.82, 2.24) is 4.90 Å². The van der Waals surface area contributed by atoms with Gasteiger partial charge in [-0.3, -0.25) is 4.90 Å². The number of sulfonamides is 1. The molecule has 1 heterocycles. The molecular formula is C18H21N3O2S. The van der Waals surface area contributed by atoms with E-state index in [0.29, 0.717) is 11.5 Å². The predicted octanol–water partition coefficient (Wildman–Crippen LogP) is 2.48. The van der Waals surface area contributed by atoms with Crippen LogP contribution in [0.25, 0.3) is 0 Å². The van der Waals surface area contributed by atoms with Crippen molar-refractivity contribution in [2.24, 2.45) is 4.99 Å². The molecule has 1 aliphatic rings. The number of hydrogen-bond acceptors (Lipinski definition) is 4. The van der Waals surface area contributed by atoms with Crippen LogP contribution in [0.3, 0.4) is 0 Å². The Bertz CT molecular complexity index is 844. The van der Waals surface area contributed by atoms with Crippen molar-refractivity contribution in [2.45, 2.75) is 13.1 Å². The van der Waals surface area contributed by atoms with Gasteiger partial charge in [-0.2, -0.15) is 0 Å². The number of rotatable bonds is 3. The van der Waals surface area contributed by atoms with E-state index in [1.807, 2.05) is 80.5 Å². The zero-order chi connectivity index (χ0) is 17.3. The largest absolute Gasteiger partial charge is 0.287 e. The van der Waals surface area contributed by atoms with Crippen LogP contribution in [0.4, 0.5) is 5.69 Å². The fourth-order valence-electron chi connectivity index (χ4n) is 2.63. The first kappa shape index (κ1) is 16.7. The highest BCUT2D eigenvalue weighted by Gasteiger charge is 2.36. The Morgan fingerprint density at radius 2 is 1.67 bits per heavy atom. The summed E-state index contributed by atoms with van der Waals surface area (Å²) in [5.74, 6) is 0.425. The third kappa shape index (κ3) is 3.20. The maximum atomic E-state index is 13.0. The van der Waals surface area contributed by atoms with Gasteiger partial charge in [0.25, 0.3) is 0 Å². The molecule has 0 bridgehead atoms. The monoisotopic (exact) mass is 343 g/mol.